The fourth-order valence-corrected chi connectivity index (χ4v) is 1.55. The van der Waals surface area contributed by atoms with Gasteiger partial charge in [-0.05, 0) is 18.4 Å². The minimum atomic E-state index is -0.0236. The van der Waals surface area contributed by atoms with Crippen LogP contribution >= 0.6 is 0 Å². The van der Waals surface area contributed by atoms with Crippen LogP contribution in [0, 0.1) is 17.8 Å². The van der Waals surface area contributed by atoms with Gasteiger partial charge in [-0.1, -0.05) is 25.7 Å². The lowest BCUT2D eigenvalue weighted by Gasteiger charge is -2.18. The number of amides is 1. The van der Waals surface area contributed by atoms with Crippen LogP contribution < -0.4 is 5.73 Å². The van der Waals surface area contributed by atoms with Gasteiger partial charge in [0, 0.05) is 31.5 Å². The van der Waals surface area contributed by atoms with E-state index in [4.69, 9.17) is 5.73 Å². The predicted octanol–water partition coefficient (Wildman–Crippen LogP) is 1.51. The Hall–Kier alpha value is -1.86. The van der Waals surface area contributed by atoms with E-state index in [0.29, 0.717) is 23.6 Å². The lowest BCUT2D eigenvalue weighted by molar-refractivity contribution is 0.0788. The van der Waals surface area contributed by atoms with Gasteiger partial charge in [-0.25, -0.2) is 0 Å². The minimum absolute atomic E-state index is 0.0236. The predicted molar refractivity (Wildman–Crippen MR) is 76.6 cm³/mol. The Labute approximate surface area is 115 Å². The number of nitrogens with two attached hydrogens (primary N) is 1. The number of rotatable bonds is 4. The molecular formula is C15H21N3O. The summed E-state index contributed by atoms with van der Waals surface area (Å²) >= 11 is 0. The standard InChI is InChI=1S/C15H21N3O/c1-12(2)6-8-18(3)15(19)14-9-13(5-4-7-16)10-17-11-14/h9-12H,6-8,16H2,1-3H3. The van der Waals surface area contributed by atoms with Gasteiger partial charge >= 0.3 is 0 Å². The van der Waals surface area contributed by atoms with E-state index in [0.717, 1.165) is 13.0 Å². The van der Waals surface area contributed by atoms with Gasteiger partial charge in [-0.2, -0.15) is 0 Å². The summed E-state index contributed by atoms with van der Waals surface area (Å²) in [6.45, 7) is 5.33. The molecule has 1 heterocycles. The van der Waals surface area contributed by atoms with Crippen LogP contribution in [0.25, 0.3) is 0 Å². The summed E-state index contributed by atoms with van der Waals surface area (Å²) in [5.74, 6) is 6.19. The third kappa shape index (κ3) is 5.11. The third-order valence-corrected chi connectivity index (χ3v) is 2.71. The van der Waals surface area contributed by atoms with Gasteiger partial charge in [0.15, 0.2) is 0 Å². The first-order valence-corrected chi connectivity index (χ1v) is 6.44. The summed E-state index contributed by atoms with van der Waals surface area (Å²) in [4.78, 5) is 18.0. The molecule has 4 heteroatoms. The molecule has 1 aromatic rings. The zero-order valence-electron chi connectivity index (χ0n) is 11.8. The molecule has 0 atom stereocenters. The van der Waals surface area contributed by atoms with Crippen molar-refractivity contribution in [3.8, 4) is 11.8 Å². The molecule has 0 aliphatic carbocycles. The second kappa shape index (κ2) is 7.55. The molecular weight excluding hydrogens is 238 g/mol. The van der Waals surface area contributed by atoms with Crippen molar-refractivity contribution in [3.63, 3.8) is 0 Å². The number of hydrogen-bond donors (Lipinski definition) is 1. The van der Waals surface area contributed by atoms with Gasteiger partial charge < -0.3 is 10.6 Å². The first kappa shape index (κ1) is 15.2. The number of carbonyl (C=O) groups excluding carboxylic acids is 1. The molecule has 1 amide bonds. The highest BCUT2D eigenvalue weighted by molar-refractivity contribution is 5.94. The van der Waals surface area contributed by atoms with Gasteiger partial charge in [0.1, 0.15) is 0 Å². The zero-order chi connectivity index (χ0) is 14.3. The molecule has 19 heavy (non-hydrogen) atoms. The van der Waals surface area contributed by atoms with E-state index < -0.39 is 0 Å². The SMILES string of the molecule is CC(C)CCN(C)C(=O)c1cncc(C#CCN)c1. The molecule has 0 aliphatic rings. The Morgan fingerprint density at radius 3 is 2.84 bits per heavy atom. The minimum Gasteiger partial charge on any atom is -0.342 e. The lowest BCUT2D eigenvalue weighted by Crippen LogP contribution is -2.28. The largest absolute Gasteiger partial charge is 0.342 e. The molecule has 0 aliphatic heterocycles. The average molecular weight is 259 g/mol. The van der Waals surface area contributed by atoms with Crippen LogP contribution in [0.4, 0.5) is 0 Å². The van der Waals surface area contributed by atoms with E-state index in [1.165, 1.54) is 0 Å². The molecule has 2 N–H and O–H groups in total. The number of pyridine rings is 1. The zero-order valence-corrected chi connectivity index (χ0v) is 11.8. The highest BCUT2D eigenvalue weighted by Gasteiger charge is 2.12. The maximum absolute atomic E-state index is 12.2. The molecule has 0 bridgehead atoms. The Morgan fingerprint density at radius 2 is 2.21 bits per heavy atom. The van der Waals surface area contributed by atoms with Crippen molar-refractivity contribution in [2.45, 2.75) is 20.3 Å². The van der Waals surface area contributed by atoms with Crippen LogP contribution in [0.15, 0.2) is 18.5 Å². The van der Waals surface area contributed by atoms with E-state index in [9.17, 15) is 4.79 Å². The van der Waals surface area contributed by atoms with Gasteiger partial charge in [-0.3, -0.25) is 9.78 Å². The van der Waals surface area contributed by atoms with Crippen LogP contribution in [-0.2, 0) is 0 Å². The molecule has 1 rings (SSSR count). The summed E-state index contributed by atoms with van der Waals surface area (Å²) in [6, 6.07) is 1.75. The number of nitrogens with zero attached hydrogens (tertiary/aromatic N) is 2. The Balaban J connectivity index is 2.76. The van der Waals surface area contributed by atoms with E-state index in [1.807, 2.05) is 7.05 Å². The van der Waals surface area contributed by atoms with Crippen molar-refractivity contribution < 1.29 is 4.79 Å². The molecule has 0 spiro atoms. The number of hydrogen-bond acceptors (Lipinski definition) is 3. The first-order chi connectivity index (χ1) is 9.04. The van der Waals surface area contributed by atoms with Crippen LogP contribution in [0.1, 0.15) is 36.2 Å². The summed E-state index contributed by atoms with van der Waals surface area (Å²) in [6.07, 6.45) is 4.19. The first-order valence-electron chi connectivity index (χ1n) is 6.44. The molecule has 0 fully saturated rings. The van der Waals surface area contributed by atoms with Crippen LogP contribution in [0.2, 0.25) is 0 Å². The van der Waals surface area contributed by atoms with Crippen molar-refractivity contribution in [1.82, 2.24) is 9.88 Å². The summed E-state index contributed by atoms with van der Waals surface area (Å²) < 4.78 is 0. The molecule has 0 aromatic carbocycles. The van der Waals surface area contributed by atoms with Crippen LogP contribution in [0.5, 0.6) is 0 Å². The lowest BCUT2D eigenvalue weighted by atomic mass is 10.1. The number of aromatic nitrogens is 1. The monoisotopic (exact) mass is 259 g/mol. The van der Waals surface area contributed by atoms with Gasteiger partial charge in [0.2, 0.25) is 0 Å². The third-order valence-electron chi connectivity index (χ3n) is 2.71. The highest BCUT2D eigenvalue weighted by Crippen LogP contribution is 2.07. The van der Waals surface area contributed by atoms with Crippen molar-refractivity contribution in [2.24, 2.45) is 11.7 Å². The molecule has 0 radical (unpaired) electrons. The van der Waals surface area contributed by atoms with Gasteiger partial charge in [0.25, 0.3) is 5.91 Å². The van der Waals surface area contributed by atoms with Crippen molar-refractivity contribution in [3.05, 3.63) is 29.6 Å². The normalized spacial score (nSPS) is 9.95. The summed E-state index contributed by atoms with van der Waals surface area (Å²) in [5, 5.41) is 0. The fraction of sp³-hybridized carbons (Fsp3) is 0.467. The molecule has 1 aromatic heterocycles. The molecule has 0 unspecified atom stereocenters. The fourth-order valence-electron chi connectivity index (χ4n) is 1.55. The van der Waals surface area contributed by atoms with E-state index in [-0.39, 0.29) is 5.91 Å². The second-order valence-corrected chi connectivity index (χ2v) is 4.88. The Morgan fingerprint density at radius 1 is 1.47 bits per heavy atom. The summed E-state index contributed by atoms with van der Waals surface area (Å²) in [5.41, 5.74) is 6.60. The topological polar surface area (TPSA) is 59.2 Å². The molecule has 4 nitrogen and oxygen atoms in total. The van der Waals surface area contributed by atoms with Crippen LogP contribution in [0.3, 0.4) is 0 Å². The van der Waals surface area contributed by atoms with E-state index >= 15 is 0 Å². The van der Waals surface area contributed by atoms with E-state index in [2.05, 4.69) is 30.7 Å². The molecule has 0 saturated carbocycles. The second-order valence-electron chi connectivity index (χ2n) is 4.88. The van der Waals surface area contributed by atoms with Crippen molar-refractivity contribution in [1.29, 1.82) is 0 Å². The van der Waals surface area contributed by atoms with Gasteiger partial charge in [0.05, 0.1) is 12.1 Å². The molecule has 0 saturated heterocycles. The Bertz CT molecular complexity index is 486. The van der Waals surface area contributed by atoms with Crippen LogP contribution in [-0.4, -0.2) is 35.9 Å². The van der Waals surface area contributed by atoms with Crippen molar-refractivity contribution in [2.75, 3.05) is 20.1 Å². The maximum Gasteiger partial charge on any atom is 0.255 e. The highest BCUT2D eigenvalue weighted by atomic mass is 16.2. The molecule has 102 valence electrons. The van der Waals surface area contributed by atoms with Crippen molar-refractivity contribution >= 4 is 5.91 Å². The quantitative estimate of drug-likeness (QED) is 0.834. The Kier molecular flexibility index (Phi) is 6.04. The average Bonchev–Trinajstić information content (AvgIpc) is 2.41. The van der Waals surface area contributed by atoms with Gasteiger partial charge in [-0.15, -0.1) is 0 Å². The summed E-state index contributed by atoms with van der Waals surface area (Å²) in [7, 11) is 1.81. The van der Waals surface area contributed by atoms with E-state index in [1.54, 1.807) is 23.4 Å². The number of carbonyl (C=O) groups is 1. The maximum atomic E-state index is 12.2. The smallest absolute Gasteiger partial charge is 0.255 e.